The van der Waals surface area contributed by atoms with E-state index in [1.165, 1.54) is 122 Å². The number of allylic oxidation sites excluding steroid dienone is 13. The van der Waals surface area contributed by atoms with Crippen molar-refractivity contribution in [1.29, 1.82) is 0 Å². The topological polar surface area (TPSA) is 111 Å². The van der Waals surface area contributed by atoms with E-state index in [9.17, 15) is 19.0 Å². The number of esters is 1. The van der Waals surface area contributed by atoms with Crippen molar-refractivity contribution in [3.63, 3.8) is 0 Å². The van der Waals surface area contributed by atoms with Crippen LogP contribution in [-0.2, 0) is 27.9 Å². The summed E-state index contributed by atoms with van der Waals surface area (Å²) < 4.78 is 30.7. The molecule has 434 valence electrons. The lowest BCUT2D eigenvalue weighted by Crippen LogP contribution is -2.47. The lowest BCUT2D eigenvalue weighted by molar-refractivity contribution is -0.870. The van der Waals surface area contributed by atoms with Crippen molar-refractivity contribution in [1.82, 2.24) is 5.32 Å². The molecule has 0 aromatic rings. The van der Waals surface area contributed by atoms with Crippen LogP contribution in [0.15, 0.2) is 85.1 Å². The Morgan fingerprint density at radius 2 is 0.853 bits per heavy atom. The number of hydrogen-bond acceptors (Lipinski definition) is 6. The van der Waals surface area contributed by atoms with Gasteiger partial charge in [-0.1, -0.05) is 235 Å². The van der Waals surface area contributed by atoms with Crippen molar-refractivity contribution in [3.8, 4) is 0 Å². The summed E-state index contributed by atoms with van der Waals surface area (Å²) in [6.45, 7) is 6.87. The van der Waals surface area contributed by atoms with Crippen LogP contribution in [0.4, 0.5) is 0 Å². The Morgan fingerprint density at radius 1 is 0.480 bits per heavy atom. The Morgan fingerprint density at radius 3 is 1.31 bits per heavy atom. The van der Waals surface area contributed by atoms with Gasteiger partial charge in [-0.3, -0.25) is 18.6 Å². The molecule has 0 saturated carbocycles. The minimum atomic E-state index is -4.46. The van der Waals surface area contributed by atoms with Gasteiger partial charge in [0.1, 0.15) is 19.3 Å². The highest BCUT2D eigenvalue weighted by atomic mass is 31.2. The van der Waals surface area contributed by atoms with Crippen molar-refractivity contribution in [2.75, 3.05) is 40.9 Å². The molecule has 9 nitrogen and oxygen atoms in total. The van der Waals surface area contributed by atoms with Gasteiger partial charge in [-0.15, -0.1) is 0 Å². The summed E-state index contributed by atoms with van der Waals surface area (Å²) in [6, 6.07) is -0.871. The third kappa shape index (κ3) is 55.7. The number of likely N-dealkylation sites (N-methyl/N-ethyl adjacent to an activating group) is 1. The fourth-order valence-corrected chi connectivity index (χ4v) is 9.29. The zero-order valence-corrected chi connectivity index (χ0v) is 50.4. The first kappa shape index (κ1) is 72.2. The molecule has 3 unspecified atom stereocenters. The zero-order chi connectivity index (χ0) is 55.0. The van der Waals surface area contributed by atoms with Gasteiger partial charge < -0.3 is 19.4 Å². The number of phosphoric ester groups is 1. The van der Waals surface area contributed by atoms with Crippen molar-refractivity contribution >= 4 is 19.7 Å². The van der Waals surface area contributed by atoms with Gasteiger partial charge in [0, 0.05) is 12.8 Å². The minimum Gasteiger partial charge on any atom is -0.456 e. The van der Waals surface area contributed by atoms with Gasteiger partial charge in [0.2, 0.25) is 5.91 Å². The third-order valence-electron chi connectivity index (χ3n) is 13.3. The van der Waals surface area contributed by atoms with Crippen LogP contribution in [0.25, 0.3) is 0 Å². The molecule has 0 aromatic carbocycles. The minimum absolute atomic E-state index is 0.0297. The Hall–Kier alpha value is -2.81. The molecule has 0 bridgehead atoms. The number of rotatable bonds is 55. The quantitative estimate of drug-likeness (QED) is 0.0205. The number of carbonyl (C=O) groups is 2. The normalized spacial score (nSPS) is 14.3. The number of nitrogens with zero attached hydrogens (tertiary/aromatic N) is 1. The monoisotopic (exact) mass is 1070 g/mol. The number of carbonyl (C=O) groups excluding carboxylic acids is 2. The predicted molar refractivity (Wildman–Crippen MR) is 323 cm³/mol. The smallest absolute Gasteiger partial charge is 0.456 e. The first-order chi connectivity index (χ1) is 36.4. The van der Waals surface area contributed by atoms with E-state index in [0.29, 0.717) is 17.4 Å². The lowest BCUT2D eigenvalue weighted by atomic mass is 10.0. The van der Waals surface area contributed by atoms with E-state index < -0.39 is 20.0 Å². The predicted octanol–water partition coefficient (Wildman–Crippen LogP) is 19.0. The molecule has 0 radical (unpaired) electrons. The average molecular weight is 1070 g/mol. The number of unbranched alkanes of at least 4 members (excludes halogenated alkanes) is 27. The molecule has 0 heterocycles. The second-order valence-electron chi connectivity index (χ2n) is 21.8. The van der Waals surface area contributed by atoms with Gasteiger partial charge in [0.25, 0.3) is 0 Å². The molecule has 3 atom stereocenters. The molecule has 0 spiro atoms. The standard InChI is InChI=1S/C65H117N2O7P/c1-7-10-13-16-19-22-25-28-30-32-33-35-36-39-42-45-48-51-54-57-64(68)66-62(61-73-75(70,71)72-60-59-67(4,5)6)63(56-53-50-47-44-41-38-27-24-21-18-15-12-9-3)74-65(69)58-55-52-49-46-43-40-37-34-31-29-26-23-20-17-14-11-8-2/h10,13,19,22,28-31,33,35,39,42,53,56,62-63H,7-9,11-12,14-18,20-21,23-27,32,34,36-38,40-41,43-52,54-55,57-61H2,1-6H3,(H-,66,68,70,71)/p+1/b13-10-,22-19-,30-28-,31-29+,35-33-,42-39-,56-53+. The lowest BCUT2D eigenvalue weighted by Gasteiger charge is -2.27. The SMILES string of the molecule is CC/C=C\C/C=C\C/C=C\C/C=C\C/C=C\CCCCCC(=O)NC(COP(=O)(O)OCC[N+](C)(C)C)C(/C=C/CCCCCCCCCCCCC)OC(=O)CCCCCCCCC/C=C/CCCCCCCC. The van der Waals surface area contributed by atoms with Crippen LogP contribution in [-0.4, -0.2) is 74.3 Å². The molecule has 0 aliphatic rings. The van der Waals surface area contributed by atoms with E-state index in [0.717, 1.165) is 103 Å². The highest BCUT2D eigenvalue weighted by Gasteiger charge is 2.30. The zero-order valence-electron chi connectivity index (χ0n) is 49.5. The summed E-state index contributed by atoms with van der Waals surface area (Å²) in [5.74, 6) is -0.547. The summed E-state index contributed by atoms with van der Waals surface area (Å²) in [7, 11) is 1.46. The number of hydrogen-bond donors (Lipinski definition) is 2. The molecule has 0 aliphatic heterocycles. The summed E-state index contributed by atoms with van der Waals surface area (Å²) in [6.07, 6.45) is 71.5. The van der Waals surface area contributed by atoms with Gasteiger partial charge in [-0.25, -0.2) is 4.57 Å². The Labute approximate surface area is 463 Å². The molecule has 0 fully saturated rings. The van der Waals surface area contributed by atoms with E-state index in [4.69, 9.17) is 13.8 Å². The second kappa shape index (κ2) is 54.5. The Balaban J connectivity index is 5.37. The van der Waals surface area contributed by atoms with Gasteiger partial charge in [-0.2, -0.15) is 0 Å². The molecule has 0 aromatic heterocycles. The van der Waals surface area contributed by atoms with Crippen molar-refractivity contribution in [2.45, 2.75) is 277 Å². The summed E-state index contributed by atoms with van der Waals surface area (Å²) in [5.41, 5.74) is 0. The average Bonchev–Trinajstić information content (AvgIpc) is 3.37. The van der Waals surface area contributed by atoms with E-state index in [2.05, 4.69) is 99.0 Å². The highest BCUT2D eigenvalue weighted by molar-refractivity contribution is 7.47. The molecule has 0 saturated heterocycles. The van der Waals surface area contributed by atoms with Crippen molar-refractivity contribution in [3.05, 3.63) is 85.1 Å². The number of quaternary nitrogens is 1. The second-order valence-corrected chi connectivity index (χ2v) is 23.3. The van der Waals surface area contributed by atoms with Gasteiger partial charge in [0.15, 0.2) is 0 Å². The molecule has 0 aliphatic carbocycles. The number of nitrogens with one attached hydrogen (secondary N) is 1. The van der Waals surface area contributed by atoms with Crippen LogP contribution in [0.1, 0.15) is 265 Å². The maximum atomic E-state index is 13.5. The molecule has 10 heteroatoms. The van der Waals surface area contributed by atoms with Crippen LogP contribution in [0, 0.1) is 0 Å². The maximum absolute atomic E-state index is 13.5. The van der Waals surface area contributed by atoms with E-state index in [1.54, 1.807) is 0 Å². The Kier molecular flexibility index (Phi) is 52.5. The fraction of sp³-hybridized carbons (Fsp3) is 0.754. The largest absolute Gasteiger partial charge is 0.472 e. The van der Waals surface area contributed by atoms with Crippen LogP contribution >= 0.6 is 7.82 Å². The van der Waals surface area contributed by atoms with Gasteiger partial charge >= 0.3 is 13.8 Å². The van der Waals surface area contributed by atoms with Gasteiger partial charge in [-0.05, 0) is 102 Å². The summed E-state index contributed by atoms with van der Waals surface area (Å²) >= 11 is 0. The summed E-state index contributed by atoms with van der Waals surface area (Å²) in [5, 5.41) is 3.04. The number of phosphoric acid groups is 1. The van der Waals surface area contributed by atoms with Crippen molar-refractivity contribution in [2.24, 2.45) is 0 Å². The Bertz CT molecular complexity index is 1560. The maximum Gasteiger partial charge on any atom is 0.472 e. The first-order valence-corrected chi connectivity index (χ1v) is 32.4. The molecule has 75 heavy (non-hydrogen) atoms. The number of amides is 1. The number of ether oxygens (including phenoxy) is 1. The van der Waals surface area contributed by atoms with Crippen LogP contribution in [0.3, 0.4) is 0 Å². The van der Waals surface area contributed by atoms with E-state index in [1.807, 2.05) is 33.3 Å². The van der Waals surface area contributed by atoms with E-state index >= 15 is 0 Å². The molecule has 0 rings (SSSR count). The van der Waals surface area contributed by atoms with Crippen LogP contribution in [0.2, 0.25) is 0 Å². The molecule has 2 N–H and O–H groups in total. The molecular formula is C65H118N2O7P+. The van der Waals surface area contributed by atoms with Crippen LogP contribution < -0.4 is 5.32 Å². The molecule has 1 amide bonds. The van der Waals surface area contributed by atoms with Crippen molar-refractivity contribution < 1.29 is 37.3 Å². The highest BCUT2D eigenvalue weighted by Crippen LogP contribution is 2.43. The first-order valence-electron chi connectivity index (χ1n) is 30.9. The van der Waals surface area contributed by atoms with Gasteiger partial charge in [0.05, 0.1) is 33.8 Å². The van der Waals surface area contributed by atoms with Crippen LogP contribution in [0.5, 0.6) is 0 Å². The van der Waals surface area contributed by atoms with E-state index in [-0.39, 0.29) is 37.9 Å². The third-order valence-corrected chi connectivity index (χ3v) is 14.3. The fourth-order valence-electron chi connectivity index (χ4n) is 8.55. The summed E-state index contributed by atoms with van der Waals surface area (Å²) in [4.78, 5) is 37.7. The molecular weight excluding hydrogens is 952 g/mol.